The van der Waals surface area contributed by atoms with Crippen LogP contribution in [0.4, 0.5) is 0 Å². The van der Waals surface area contributed by atoms with Gasteiger partial charge in [0.2, 0.25) is 10.0 Å². The molecule has 0 aliphatic heterocycles. The first kappa shape index (κ1) is 14.4. The lowest BCUT2D eigenvalue weighted by molar-refractivity contribution is 0.285. The molecule has 1 rings (SSSR count). The molecule has 0 bridgehead atoms. The highest BCUT2D eigenvalue weighted by molar-refractivity contribution is 7.90. The zero-order valence-corrected chi connectivity index (χ0v) is 11.6. The zero-order valence-electron chi connectivity index (χ0n) is 10.8. The second-order valence-corrected chi connectivity index (χ2v) is 7.61. The molecule has 5 nitrogen and oxygen atoms in total. The van der Waals surface area contributed by atoms with E-state index in [2.05, 4.69) is 11.6 Å². The van der Waals surface area contributed by atoms with Gasteiger partial charge in [-0.1, -0.05) is 6.92 Å². The lowest BCUT2D eigenvalue weighted by Crippen LogP contribution is -2.59. The zero-order chi connectivity index (χ0) is 13.3. The molecular weight excluding hydrogens is 238 g/mol. The third-order valence-corrected chi connectivity index (χ3v) is 5.52. The highest BCUT2D eigenvalue weighted by atomic mass is 32.2. The van der Waals surface area contributed by atoms with Gasteiger partial charge in [0.25, 0.3) is 0 Å². The number of sulfonamides is 1. The molecule has 17 heavy (non-hydrogen) atoms. The summed E-state index contributed by atoms with van der Waals surface area (Å²) in [6.45, 7) is 5.39. The highest BCUT2D eigenvalue weighted by Gasteiger charge is 2.41. The van der Waals surface area contributed by atoms with Gasteiger partial charge < -0.3 is 5.73 Å². The number of nitrogens with one attached hydrogen (secondary N) is 2. The lowest BCUT2D eigenvalue weighted by Gasteiger charge is -2.39. The molecule has 0 aromatic heterocycles. The molecule has 0 unspecified atom stereocenters. The Labute approximate surface area is 104 Å². The normalized spacial score (nSPS) is 30.5. The van der Waals surface area contributed by atoms with Gasteiger partial charge in [-0.05, 0) is 45.4 Å². The summed E-state index contributed by atoms with van der Waals surface area (Å²) in [5, 5.41) is 7.17. The Balaban J connectivity index is 2.92. The van der Waals surface area contributed by atoms with Gasteiger partial charge in [-0.25, -0.2) is 13.1 Å². The maximum Gasteiger partial charge on any atom is 0.214 e. The van der Waals surface area contributed by atoms with Crippen LogP contribution in [0.1, 0.15) is 46.5 Å². The van der Waals surface area contributed by atoms with E-state index in [9.17, 15) is 8.42 Å². The number of hydrogen-bond acceptors (Lipinski definition) is 3. The topological polar surface area (TPSA) is 96.0 Å². The quantitative estimate of drug-likeness (QED) is 0.524. The predicted molar refractivity (Wildman–Crippen MR) is 69.5 cm³/mol. The highest BCUT2D eigenvalue weighted by Crippen LogP contribution is 2.32. The van der Waals surface area contributed by atoms with Gasteiger partial charge in [0.05, 0.1) is 10.8 Å². The summed E-state index contributed by atoms with van der Waals surface area (Å²) in [5.41, 5.74) is 4.76. The van der Waals surface area contributed by atoms with Crippen molar-refractivity contribution in [3.63, 3.8) is 0 Å². The van der Waals surface area contributed by atoms with E-state index in [1.165, 1.54) is 0 Å². The maximum atomic E-state index is 11.9. The van der Waals surface area contributed by atoms with E-state index in [0.717, 1.165) is 12.8 Å². The third-order valence-electron chi connectivity index (χ3n) is 3.60. The fourth-order valence-electron chi connectivity index (χ4n) is 2.07. The SMILES string of the molecule is CC1CCC(NS(=O)(=O)C(C)C)(C(=N)N)CC1. The summed E-state index contributed by atoms with van der Waals surface area (Å²) in [5.74, 6) is 0.514. The van der Waals surface area contributed by atoms with Crippen molar-refractivity contribution < 1.29 is 8.42 Å². The van der Waals surface area contributed by atoms with E-state index in [4.69, 9.17) is 11.1 Å². The largest absolute Gasteiger partial charge is 0.386 e. The summed E-state index contributed by atoms with van der Waals surface area (Å²) in [7, 11) is -3.39. The summed E-state index contributed by atoms with van der Waals surface area (Å²) in [6.07, 6.45) is 3.05. The molecule has 0 amide bonds. The molecule has 0 heterocycles. The van der Waals surface area contributed by atoms with E-state index in [1.54, 1.807) is 13.8 Å². The number of nitrogens with two attached hydrogens (primary N) is 1. The molecule has 6 heteroatoms. The maximum absolute atomic E-state index is 11.9. The van der Waals surface area contributed by atoms with Gasteiger partial charge in [-0.2, -0.15) is 0 Å². The molecule has 0 spiro atoms. The van der Waals surface area contributed by atoms with Gasteiger partial charge in [0.1, 0.15) is 5.84 Å². The number of amidine groups is 1. The van der Waals surface area contributed by atoms with Crippen LogP contribution in [0, 0.1) is 11.3 Å². The van der Waals surface area contributed by atoms with Gasteiger partial charge in [0, 0.05) is 0 Å². The molecular formula is C11H23N3O2S. The molecule has 0 aromatic rings. The smallest absolute Gasteiger partial charge is 0.214 e. The van der Waals surface area contributed by atoms with E-state index < -0.39 is 20.8 Å². The van der Waals surface area contributed by atoms with Crippen molar-refractivity contribution in [1.29, 1.82) is 5.41 Å². The molecule has 4 N–H and O–H groups in total. The van der Waals surface area contributed by atoms with Gasteiger partial charge in [0.15, 0.2) is 0 Å². The Bertz CT molecular complexity index is 382. The van der Waals surface area contributed by atoms with Crippen LogP contribution in [0.2, 0.25) is 0 Å². The van der Waals surface area contributed by atoms with Gasteiger partial charge >= 0.3 is 0 Å². The van der Waals surface area contributed by atoms with Crippen LogP contribution in [0.25, 0.3) is 0 Å². The van der Waals surface area contributed by atoms with Crippen molar-refractivity contribution in [1.82, 2.24) is 4.72 Å². The Hall–Kier alpha value is -0.620. The third kappa shape index (κ3) is 3.19. The van der Waals surface area contributed by atoms with E-state index in [1.807, 2.05) is 0 Å². The Morgan fingerprint density at radius 2 is 1.88 bits per heavy atom. The minimum atomic E-state index is -3.39. The van der Waals surface area contributed by atoms with Crippen molar-refractivity contribution in [2.24, 2.45) is 11.7 Å². The van der Waals surface area contributed by atoms with Crippen molar-refractivity contribution in [3.8, 4) is 0 Å². The van der Waals surface area contributed by atoms with Crippen LogP contribution in [0.15, 0.2) is 0 Å². The molecule has 1 saturated carbocycles. The second-order valence-electron chi connectivity index (χ2n) is 5.37. The minimum absolute atomic E-state index is 0.0615. The summed E-state index contributed by atoms with van der Waals surface area (Å²) < 4.78 is 26.5. The monoisotopic (exact) mass is 261 g/mol. The predicted octanol–water partition coefficient (Wildman–Crippen LogP) is 1.20. The van der Waals surface area contributed by atoms with Gasteiger partial charge in [-0.3, -0.25) is 5.41 Å². The fraction of sp³-hybridized carbons (Fsp3) is 0.909. The first-order chi connectivity index (χ1) is 7.69. The van der Waals surface area contributed by atoms with Crippen molar-refractivity contribution in [2.75, 3.05) is 0 Å². The molecule has 0 saturated heterocycles. The number of hydrogen-bond donors (Lipinski definition) is 3. The van der Waals surface area contributed by atoms with E-state index in [0.29, 0.717) is 18.8 Å². The first-order valence-electron chi connectivity index (χ1n) is 6.07. The van der Waals surface area contributed by atoms with E-state index in [-0.39, 0.29) is 5.84 Å². The van der Waals surface area contributed by atoms with Crippen LogP contribution in [-0.4, -0.2) is 25.0 Å². The second kappa shape index (κ2) is 4.94. The molecule has 0 atom stereocenters. The average Bonchev–Trinajstić information content (AvgIpc) is 2.21. The lowest BCUT2D eigenvalue weighted by atomic mass is 9.77. The molecule has 0 radical (unpaired) electrons. The minimum Gasteiger partial charge on any atom is -0.386 e. The number of rotatable bonds is 4. The average molecular weight is 261 g/mol. The summed E-state index contributed by atoms with van der Waals surface area (Å²) in [4.78, 5) is 0. The Morgan fingerprint density at radius 1 is 1.41 bits per heavy atom. The van der Waals surface area contributed by atoms with Crippen molar-refractivity contribution >= 4 is 15.9 Å². The van der Waals surface area contributed by atoms with Crippen molar-refractivity contribution in [3.05, 3.63) is 0 Å². The first-order valence-corrected chi connectivity index (χ1v) is 7.61. The molecule has 1 fully saturated rings. The molecule has 1 aliphatic rings. The van der Waals surface area contributed by atoms with Crippen LogP contribution in [-0.2, 0) is 10.0 Å². The van der Waals surface area contributed by atoms with Crippen LogP contribution in [0.3, 0.4) is 0 Å². The summed E-state index contributed by atoms with van der Waals surface area (Å²) in [6, 6.07) is 0. The van der Waals surface area contributed by atoms with Crippen LogP contribution >= 0.6 is 0 Å². The Morgan fingerprint density at radius 3 is 2.24 bits per heavy atom. The summed E-state index contributed by atoms with van der Waals surface area (Å²) >= 11 is 0. The Kier molecular flexibility index (Phi) is 4.19. The van der Waals surface area contributed by atoms with Crippen molar-refractivity contribution in [2.45, 2.75) is 57.2 Å². The van der Waals surface area contributed by atoms with E-state index >= 15 is 0 Å². The van der Waals surface area contributed by atoms with Crippen LogP contribution < -0.4 is 10.5 Å². The molecule has 0 aromatic carbocycles. The van der Waals surface area contributed by atoms with Crippen LogP contribution in [0.5, 0.6) is 0 Å². The standard InChI is InChI=1S/C11H23N3O2S/c1-8(2)17(15,16)14-11(10(12)13)6-4-9(3)5-7-11/h8-9,14H,4-7H2,1-3H3,(H3,12,13). The molecule has 100 valence electrons. The van der Waals surface area contributed by atoms with Gasteiger partial charge in [-0.15, -0.1) is 0 Å². The fourth-order valence-corrected chi connectivity index (χ4v) is 3.17. The molecule has 1 aliphatic carbocycles.